The van der Waals surface area contributed by atoms with Crippen molar-refractivity contribution in [1.29, 1.82) is 0 Å². The van der Waals surface area contributed by atoms with E-state index in [2.05, 4.69) is 71.0 Å². The van der Waals surface area contributed by atoms with Crippen molar-refractivity contribution >= 4 is 12.2 Å². The topological polar surface area (TPSA) is 26.0 Å². The van der Waals surface area contributed by atoms with E-state index in [-0.39, 0.29) is 0 Å². The molecule has 134 valence electrons. The van der Waals surface area contributed by atoms with Gasteiger partial charge in [0.05, 0.1) is 6.67 Å². The molecule has 4 rings (SSSR count). The second-order valence-electron chi connectivity index (χ2n) is 7.02. The lowest BCUT2D eigenvalue weighted by molar-refractivity contribution is 0.189. The van der Waals surface area contributed by atoms with Gasteiger partial charge in [0.2, 0.25) is 4.77 Å². The number of aryl methyl sites for hydroxylation is 2. The average Bonchev–Trinajstić information content (AvgIpc) is 3.22. The van der Waals surface area contributed by atoms with E-state index >= 15 is 0 Å². The van der Waals surface area contributed by atoms with E-state index in [4.69, 9.17) is 17.3 Å². The molecule has 0 radical (unpaired) electrons. The third kappa shape index (κ3) is 3.24. The molecular weight excluding hydrogens is 340 g/mol. The summed E-state index contributed by atoms with van der Waals surface area (Å²) < 4.78 is 4.78. The molecule has 26 heavy (non-hydrogen) atoms. The first-order valence-electron chi connectivity index (χ1n) is 9.16. The van der Waals surface area contributed by atoms with Crippen molar-refractivity contribution in [2.45, 2.75) is 39.4 Å². The molecule has 1 aliphatic rings. The number of hydrogen-bond acceptors (Lipinski definition) is 3. The van der Waals surface area contributed by atoms with Crippen molar-refractivity contribution in [3.8, 4) is 5.69 Å². The number of benzene rings is 2. The van der Waals surface area contributed by atoms with Crippen LogP contribution in [0.3, 0.4) is 0 Å². The van der Waals surface area contributed by atoms with Gasteiger partial charge in [-0.3, -0.25) is 9.47 Å². The lowest BCUT2D eigenvalue weighted by atomic mass is 10.1. The summed E-state index contributed by atoms with van der Waals surface area (Å²) in [6.07, 6.45) is 2.40. The molecule has 1 aliphatic heterocycles. The molecule has 0 spiro atoms. The molecular formula is C21H24N4S. The maximum Gasteiger partial charge on any atom is 0.203 e. The maximum absolute atomic E-state index is 5.75. The fourth-order valence-corrected chi connectivity index (χ4v) is 4.16. The Morgan fingerprint density at radius 2 is 1.77 bits per heavy atom. The van der Waals surface area contributed by atoms with Gasteiger partial charge in [0, 0.05) is 18.3 Å². The summed E-state index contributed by atoms with van der Waals surface area (Å²) in [5.74, 6) is 0.925. The van der Waals surface area contributed by atoms with Crippen molar-refractivity contribution in [3.05, 3.63) is 76.3 Å². The number of nitrogens with zero attached hydrogens (tertiary/aromatic N) is 4. The monoisotopic (exact) mass is 364 g/mol. The minimum absolute atomic E-state index is 0.447. The van der Waals surface area contributed by atoms with Crippen molar-refractivity contribution < 1.29 is 0 Å². The Bertz CT molecular complexity index is 940. The Balaban J connectivity index is 1.62. The molecule has 1 aromatic heterocycles. The summed E-state index contributed by atoms with van der Waals surface area (Å²) in [5, 5.41) is 4.73. The molecule has 3 aromatic rings. The first-order valence-corrected chi connectivity index (χ1v) is 9.57. The van der Waals surface area contributed by atoms with Crippen molar-refractivity contribution in [2.75, 3.05) is 6.54 Å². The average molecular weight is 365 g/mol. The van der Waals surface area contributed by atoms with Gasteiger partial charge in [-0.2, -0.15) is 5.10 Å². The van der Waals surface area contributed by atoms with Gasteiger partial charge in [-0.1, -0.05) is 48.0 Å². The summed E-state index contributed by atoms with van der Waals surface area (Å²) in [6.45, 7) is 5.93. The Labute approximate surface area is 159 Å². The highest BCUT2D eigenvalue weighted by atomic mass is 32.1. The van der Waals surface area contributed by atoms with Crippen LogP contribution >= 0.6 is 12.2 Å². The van der Waals surface area contributed by atoms with Crippen LogP contribution in [0.5, 0.6) is 0 Å². The van der Waals surface area contributed by atoms with Gasteiger partial charge in [0.1, 0.15) is 5.82 Å². The van der Waals surface area contributed by atoms with E-state index in [9.17, 15) is 0 Å². The molecule has 4 nitrogen and oxygen atoms in total. The standard InChI is InChI=1S/C21H24N4S/c1-16-10-12-19(13-11-16)25-17(2)22-24(21(25)26)15-23-14-6-9-20(23)18-7-4-3-5-8-18/h3-5,7-8,10-13,20H,6,9,14-15H2,1-2H3. The molecule has 0 amide bonds. The molecule has 1 fully saturated rings. The van der Waals surface area contributed by atoms with Crippen LogP contribution in [0, 0.1) is 18.6 Å². The number of aromatic nitrogens is 3. The largest absolute Gasteiger partial charge is 0.277 e. The minimum Gasteiger partial charge on any atom is -0.277 e. The van der Waals surface area contributed by atoms with Gasteiger partial charge in [0.25, 0.3) is 0 Å². The van der Waals surface area contributed by atoms with Gasteiger partial charge >= 0.3 is 0 Å². The fourth-order valence-electron chi connectivity index (χ4n) is 3.82. The van der Waals surface area contributed by atoms with Crippen LogP contribution in [0.4, 0.5) is 0 Å². The zero-order valence-corrected chi connectivity index (χ0v) is 16.1. The lowest BCUT2D eigenvalue weighted by Crippen LogP contribution is -2.27. The second kappa shape index (κ2) is 7.17. The van der Waals surface area contributed by atoms with Crippen LogP contribution in [0.15, 0.2) is 54.6 Å². The van der Waals surface area contributed by atoms with Crippen LogP contribution in [0.1, 0.15) is 35.8 Å². The number of rotatable bonds is 4. The Morgan fingerprint density at radius 1 is 1.04 bits per heavy atom. The molecule has 0 bridgehead atoms. The normalized spacial score (nSPS) is 17.7. The highest BCUT2D eigenvalue weighted by Crippen LogP contribution is 2.32. The Hall–Kier alpha value is -2.24. The lowest BCUT2D eigenvalue weighted by Gasteiger charge is -2.24. The summed E-state index contributed by atoms with van der Waals surface area (Å²) in [5.41, 5.74) is 3.70. The third-order valence-electron chi connectivity index (χ3n) is 5.16. The summed E-state index contributed by atoms with van der Waals surface area (Å²) >= 11 is 5.75. The fraction of sp³-hybridized carbons (Fsp3) is 0.333. The second-order valence-corrected chi connectivity index (χ2v) is 7.39. The first kappa shape index (κ1) is 17.2. The molecule has 2 heterocycles. The van der Waals surface area contributed by atoms with E-state index in [1.165, 1.54) is 24.0 Å². The van der Waals surface area contributed by atoms with Crippen LogP contribution in [0.2, 0.25) is 0 Å². The van der Waals surface area contributed by atoms with E-state index in [1.54, 1.807) is 0 Å². The molecule has 0 saturated carbocycles. The summed E-state index contributed by atoms with van der Waals surface area (Å²) in [4.78, 5) is 2.48. The van der Waals surface area contributed by atoms with Gasteiger partial charge in [-0.25, -0.2) is 4.68 Å². The quantitative estimate of drug-likeness (QED) is 0.621. The van der Waals surface area contributed by atoms with E-state index in [1.807, 2.05) is 11.6 Å². The van der Waals surface area contributed by atoms with Crippen molar-refractivity contribution in [1.82, 2.24) is 19.2 Å². The molecule has 1 unspecified atom stereocenters. The summed E-state index contributed by atoms with van der Waals surface area (Å²) in [6, 6.07) is 19.6. The number of hydrogen-bond donors (Lipinski definition) is 0. The highest BCUT2D eigenvalue weighted by molar-refractivity contribution is 7.71. The highest BCUT2D eigenvalue weighted by Gasteiger charge is 2.26. The van der Waals surface area contributed by atoms with Gasteiger partial charge in [-0.15, -0.1) is 0 Å². The van der Waals surface area contributed by atoms with Crippen LogP contribution in [-0.4, -0.2) is 25.8 Å². The van der Waals surface area contributed by atoms with Crippen molar-refractivity contribution in [2.24, 2.45) is 0 Å². The van der Waals surface area contributed by atoms with Gasteiger partial charge in [-0.05, 0) is 56.6 Å². The van der Waals surface area contributed by atoms with Crippen LogP contribution in [0.25, 0.3) is 5.69 Å². The smallest absolute Gasteiger partial charge is 0.203 e. The zero-order valence-electron chi connectivity index (χ0n) is 15.3. The molecule has 0 aliphatic carbocycles. The maximum atomic E-state index is 5.75. The molecule has 5 heteroatoms. The molecule has 2 aromatic carbocycles. The van der Waals surface area contributed by atoms with Crippen LogP contribution in [-0.2, 0) is 6.67 Å². The number of likely N-dealkylation sites (tertiary alicyclic amines) is 1. The minimum atomic E-state index is 0.447. The molecule has 1 atom stereocenters. The Morgan fingerprint density at radius 3 is 2.50 bits per heavy atom. The predicted molar refractivity (Wildman–Crippen MR) is 107 cm³/mol. The third-order valence-corrected chi connectivity index (χ3v) is 5.55. The van der Waals surface area contributed by atoms with Gasteiger partial charge in [0.15, 0.2) is 0 Å². The van der Waals surface area contributed by atoms with Gasteiger partial charge < -0.3 is 0 Å². The Kier molecular flexibility index (Phi) is 4.74. The SMILES string of the molecule is Cc1ccc(-n2c(C)nn(CN3CCCC3c3ccccc3)c2=S)cc1. The first-order chi connectivity index (χ1) is 12.6. The van der Waals surface area contributed by atoms with Crippen molar-refractivity contribution in [3.63, 3.8) is 0 Å². The van der Waals surface area contributed by atoms with E-state index in [0.29, 0.717) is 6.04 Å². The summed E-state index contributed by atoms with van der Waals surface area (Å²) in [7, 11) is 0. The van der Waals surface area contributed by atoms with E-state index in [0.717, 1.165) is 29.5 Å². The zero-order chi connectivity index (χ0) is 18.1. The van der Waals surface area contributed by atoms with E-state index < -0.39 is 0 Å². The van der Waals surface area contributed by atoms with Crippen LogP contribution < -0.4 is 0 Å². The predicted octanol–water partition coefficient (Wildman–Crippen LogP) is 4.81. The molecule has 0 N–H and O–H groups in total. The molecule has 1 saturated heterocycles.